The molecular formula is C12H20N2O4. The van der Waals surface area contributed by atoms with Crippen LogP contribution in [0.3, 0.4) is 0 Å². The molecule has 0 saturated carbocycles. The molecule has 0 radical (unpaired) electrons. The summed E-state index contributed by atoms with van der Waals surface area (Å²) in [5.74, 6) is -0.973. The number of nitrogens with zero attached hydrogens (tertiary/aromatic N) is 1. The molecule has 102 valence electrons. The molecule has 6 heteroatoms. The Morgan fingerprint density at radius 2 is 2.00 bits per heavy atom. The highest BCUT2D eigenvalue weighted by Crippen LogP contribution is 2.17. The van der Waals surface area contributed by atoms with Gasteiger partial charge in [-0.15, -0.1) is 0 Å². The Hall–Kier alpha value is -1.14. The molecule has 1 unspecified atom stereocenters. The number of hydrogen-bond donors (Lipinski definition) is 2. The van der Waals surface area contributed by atoms with Crippen molar-refractivity contribution in [3.05, 3.63) is 0 Å². The van der Waals surface area contributed by atoms with E-state index in [4.69, 9.17) is 9.84 Å². The van der Waals surface area contributed by atoms with E-state index in [0.29, 0.717) is 39.1 Å². The average molecular weight is 256 g/mol. The van der Waals surface area contributed by atoms with E-state index in [1.165, 1.54) is 0 Å². The van der Waals surface area contributed by atoms with E-state index in [-0.39, 0.29) is 17.9 Å². The number of aliphatic carboxylic acids is 1. The summed E-state index contributed by atoms with van der Waals surface area (Å²) < 4.78 is 5.22. The second-order valence-corrected chi connectivity index (χ2v) is 4.93. The number of hydrogen-bond acceptors (Lipinski definition) is 4. The minimum Gasteiger partial charge on any atom is -0.481 e. The molecule has 2 heterocycles. The Bertz CT molecular complexity index is 307. The Kier molecular flexibility index (Phi) is 4.54. The van der Waals surface area contributed by atoms with Crippen LogP contribution in [0, 0.1) is 5.92 Å². The lowest BCUT2D eigenvalue weighted by molar-refractivity contribution is -0.145. The quantitative estimate of drug-likeness (QED) is 0.721. The zero-order valence-electron chi connectivity index (χ0n) is 10.4. The number of likely N-dealkylation sites (tertiary alicyclic amines) is 1. The molecule has 0 aliphatic carbocycles. The van der Waals surface area contributed by atoms with Gasteiger partial charge in [0.25, 0.3) is 0 Å². The zero-order chi connectivity index (χ0) is 13.0. The molecule has 0 aromatic rings. The Morgan fingerprint density at radius 3 is 2.56 bits per heavy atom. The van der Waals surface area contributed by atoms with Gasteiger partial charge in [0, 0.05) is 25.7 Å². The minimum atomic E-state index is -0.747. The first-order valence-electron chi connectivity index (χ1n) is 6.48. The van der Waals surface area contributed by atoms with Crippen molar-refractivity contribution in [2.75, 3.05) is 32.8 Å². The molecule has 2 rings (SSSR count). The fourth-order valence-corrected chi connectivity index (χ4v) is 2.41. The van der Waals surface area contributed by atoms with Crippen molar-refractivity contribution in [3.8, 4) is 0 Å². The summed E-state index contributed by atoms with van der Waals surface area (Å²) >= 11 is 0. The van der Waals surface area contributed by atoms with E-state index in [1.807, 2.05) is 0 Å². The Balaban J connectivity index is 1.68. The first kappa shape index (κ1) is 13.3. The normalized spacial score (nSPS) is 25.3. The number of piperidine rings is 1. The molecule has 0 aromatic carbocycles. The van der Waals surface area contributed by atoms with Crippen LogP contribution in [0.4, 0.5) is 0 Å². The number of nitrogens with one attached hydrogen (secondary N) is 1. The molecule has 6 nitrogen and oxygen atoms in total. The van der Waals surface area contributed by atoms with E-state index >= 15 is 0 Å². The molecule has 2 N–H and O–H groups in total. The molecule has 0 bridgehead atoms. The molecule has 1 amide bonds. The molecular weight excluding hydrogens is 236 g/mol. The van der Waals surface area contributed by atoms with Gasteiger partial charge in [0.15, 0.2) is 0 Å². The molecule has 1 atom stereocenters. The summed E-state index contributed by atoms with van der Waals surface area (Å²) in [7, 11) is 0. The molecule has 0 spiro atoms. The highest BCUT2D eigenvalue weighted by molar-refractivity contribution is 5.79. The van der Waals surface area contributed by atoms with Crippen molar-refractivity contribution in [2.45, 2.75) is 25.3 Å². The van der Waals surface area contributed by atoms with Crippen LogP contribution < -0.4 is 5.32 Å². The first-order chi connectivity index (χ1) is 8.66. The summed E-state index contributed by atoms with van der Waals surface area (Å²) in [6, 6.07) is 0.283. The van der Waals surface area contributed by atoms with Crippen LogP contribution >= 0.6 is 0 Å². The Labute approximate surface area is 106 Å². The lowest BCUT2D eigenvalue weighted by Crippen LogP contribution is -2.46. The standard InChI is InChI=1S/C12H20N2O4/c15-11(7-13-10-3-6-18-8-10)14-4-1-9(2-5-14)12(16)17/h9-10,13H,1-8H2,(H,16,17). The fourth-order valence-electron chi connectivity index (χ4n) is 2.41. The van der Waals surface area contributed by atoms with Gasteiger partial charge in [-0.3, -0.25) is 9.59 Å². The van der Waals surface area contributed by atoms with E-state index in [1.54, 1.807) is 4.90 Å². The van der Waals surface area contributed by atoms with Crippen LogP contribution in [0.1, 0.15) is 19.3 Å². The van der Waals surface area contributed by atoms with Crippen molar-refractivity contribution < 1.29 is 19.4 Å². The second-order valence-electron chi connectivity index (χ2n) is 4.93. The molecule has 2 aliphatic rings. The molecule has 2 saturated heterocycles. The van der Waals surface area contributed by atoms with Gasteiger partial charge >= 0.3 is 5.97 Å². The lowest BCUT2D eigenvalue weighted by Gasteiger charge is -2.30. The van der Waals surface area contributed by atoms with Crippen LogP contribution in [-0.4, -0.2) is 60.8 Å². The van der Waals surface area contributed by atoms with Gasteiger partial charge in [-0.1, -0.05) is 0 Å². The maximum absolute atomic E-state index is 11.9. The third-order valence-corrected chi connectivity index (χ3v) is 3.67. The van der Waals surface area contributed by atoms with Crippen molar-refractivity contribution in [3.63, 3.8) is 0 Å². The molecule has 2 fully saturated rings. The van der Waals surface area contributed by atoms with Crippen molar-refractivity contribution in [1.29, 1.82) is 0 Å². The number of carboxylic acid groups (broad SMARTS) is 1. The van der Waals surface area contributed by atoms with Crippen molar-refractivity contribution in [2.24, 2.45) is 5.92 Å². The monoisotopic (exact) mass is 256 g/mol. The second kappa shape index (κ2) is 6.15. The maximum Gasteiger partial charge on any atom is 0.306 e. The van der Waals surface area contributed by atoms with E-state index < -0.39 is 5.97 Å². The molecule has 0 aromatic heterocycles. The lowest BCUT2D eigenvalue weighted by atomic mass is 9.97. The number of amides is 1. The first-order valence-corrected chi connectivity index (χ1v) is 6.48. The number of ether oxygens (including phenoxy) is 1. The topological polar surface area (TPSA) is 78.9 Å². The van der Waals surface area contributed by atoms with Crippen LogP contribution in [0.5, 0.6) is 0 Å². The average Bonchev–Trinajstić information content (AvgIpc) is 2.89. The van der Waals surface area contributed by atoms with E-state index in [0.717, 1.165) is 13.0 Å². The van der Waals surface area contributed by atoms with E-state index in [2.05, 4.69) is 5.32 Å². The summed E-state index contributed by atoms with van der Waals surface area (Å²) in [6.07, 6.45) is 2.08. The van der Waals surface area contributed by atoms with Crippen LogP contribution in [-0.2, 0) is 14.3 Å². The molecule has 2 aliphatic heterocycles. The fraction of sp³-hybridized carbons (Fsp3) is 0.833. The van der Waals surface area contributed by atoms with Gasteiger partial charge in [0.05, 0.1) is 19.1 Å². The predicted octanol–water partition coefficient (Wildman–Crippen LogP) is -0.312. The number of carboxylic acids is 1. The summed E-state index contributed by atoms with van der Waals surface area (Å²) in [6.45, 7) is 2.87. The highest BCUT2D eigenvalue weighted by Gasteiger charge is 2.27. The van der Waals surface area contributed by atoms with Crippen LogP contribution in [0.15, 0.2) is 0 Å². The van der Waals surface area contributed by atoms with Gasteiger partial charge in [-0.2, -0.15) is 0 Å². The largest absolute Gasteiger partial charge is 0.481 e. The summed E-state index contributed by atoms with van der Waals surface area (Å²) in [5, 5.41) is 12.1. The van der Waals surface area contributed by atoms with Crippen LogP contribution in [0.25, 0.3) is 0 Å². The maximum atomic E-state index is 11.9. The van der Waals surface area contributed by atoms with E-state index in [9.17, 15) is 9.59 Å². The minimum absolute atomic E-state index is 0.0609. The smallest absolute Gasteiger partial charge is 0.306 e. The van der Waals surface area contributed by atoms with Gasteiger partial charge in [0.2, 0.25) is 5.91 Å². The summed E-state index contributed by atoms with van der Waals surface area (Å²) in [5.41, 5.74) is 0. The SMILES string of the molecule is O=C(O)C1CCN(C(=O)CNC2CCOC2)CC1. The highest BCUT2D eigenvalue weighted by atomic mass is 16.5. The van der Waals surface area contributed by atoms with Gasteiger partial charge in [-0.05, 0) is 19.3 Å². The van der Waals surface area contributed by atoms with Crippen molar-refractivity contribution in [1.82, 2.24) is 10.2 Å². The molecule has 18 heavy (non-hydrogen) atoms. The number of carbonyl (C=O) groups is 2. The van der Waals surface area contributed by atoms with Gasteiger partial charge in [-0.25, -0.2) is 0 Å². The Morgan fingerprint density at radius 1 is 1.28 bits per heavy atom. The summed E-state index contributed by atoms with van der Waals surface area (Å²) in [4.78, 5) is 24.5. The van der Waals surface area contributed by atoms with Gasteiger partial charge < -0.3 is 20.1 Å². The third-order valence-electron chi connectivity index (χ3n) is 3.67. The van der Waals surface area contributed by atoms with Gasteiger partial charge in [0.1, 0.15) is 0 Å². The predicted molar refractivity (Wildman–Crippen MR) is 64.2 cm³/mol. The van der Waals surface area contributed by atoms with Crippen LogP contribution in [0.2, 0.25) is 0 Å². The number of carbonyl (C=O) groups excluding carboxylic acids is 1. The zero-order valence-corrected chi connectivity index (χ0v) is 10.4. The third kappa shape index (κ3) is 3.43. The number of rotatable bonds is 4. The van der Waals surface area contributed by atoms with Crippen molar-refractivity contribution >= 4 is 11.9 Å².